The maximum absolute atomic E-state index is 4.45. The van der Waals surface area contributed by atoms with E-state index in [1.165, 1.54) is 4.88 Å². The Hall–Kier alpha value is -0.550. The van der Waals surface area contributed by atoms with Gasteiger partial charge in [0.15, 0.2) is 5.17 Å². The van der Waals surface area contributed by atoms with E-state index in [1.54, 1.807) is 11.3 Å². The molecule has 1 N–H and O–H groups in total. The van der Waals surface area contributed by atoms with Crippen molar-refractivity contribution in [2.45, 2.75) is 38.5 Å². The number of amidine groups is 1. The highest BCUT2D eigenvalue weighted by Crippen LogP contribution is 2.24. The Labute approximate surface area is 105 Å². The van der Waals surface area contributed by atoms with Crippen LogP contribution in [-0.2, 0) is 6.42 Å². The van der Waals surface area contributed by atoms with Crippen molar-refractivity contribution < 1.29 is 0 Å². The predicted octanol–water partition coefficient (Wildman–Crippen LogP) is 2.85. The van der Waals surface area contributed by atoms with E-state index in [4.69, 9.17) is 0 Å². The van der Waals surface area contributed by atoms with Gasteiger partial charge in [0, 0.05) is 16.3 Å². The van der Waals surface area contributed by atoms with Crippen LogP contribution in [0.2, 0.25) is 0 Å². The molecule has 0 radical (unpaired) electrons. The van der Waals surface area contributed by atoms with Gasteiger partial charge in [0.1, 0.15) is 5.01 Å². The lowest BCUT2D eigenvalue weighted by molar-refractivity contribution is 0.716. The number of aliphatic imine (C=N–C) groups is 1. The molecule has 2 unspecified atom stereocenters. The minimum atomic E-state index is 0.266. The molecule has 1 aromatic heterocycles. The van der Waals surface area contributed by atoms with Gasteiger partial charge in [-0.3, -0.25) is 4.99 Å². The summed E-state index contributed by atoms with van der Waals surface area (Å²) < 4.78 is 0. The van der Waals surface area contributed by atoms with Crippen molar-refractivity contribution in [3.63, 3.8) is 0 Å². The van der Waals surface area contributed by atoms with Crippen molar-refractivity contribution in [1.29, 1.82) is 0 Å². The molecule has 2 atom stereocenters. The predicted molar refractivity (Wildman–Crippen MR) is 72.4 cm³/mol. The van der Waals surface area contributed by atoms with Crippen LogP contribution in [0.25, 0.3) is 0 Å². The van der Waals surface area contributed by atoms with E-state index >= 15 is 0 Å². The van der Waals surface area contributed by atoms with Crippen LogP contribution in [0.4, 0.5) is 0 Å². The summed E-state index contributed by atoms with van der Waals surface area (Å²) in [7, 11) is 0. The molecule has 0 aliphatic carbocycles. The van der Waals surface area contributed by atoms with E-state index in [1.807, 2.05) is 18.0 Å². The second-order valence-electron chi connectivity index (χ2n) is 3.96. The SMILES string of the molecule is CCc1cnc(C(C)NC2=NCC(C)S2)s1. The molecule has 88 valence electrons. The van der Waals surface area contributed by atoms with Gasteiger partial charge in [-0.05, 0) is 13.3 Å². The average Bonchev–Trinajstić information content (AvgIpc) is 2.87. The fraction of sp³-hybridized carbons (Fsp3) is 0.636. The Morgan fingerprint density at radius 3 is 3.00 bits per heavy atom. The van der Waals surface area contributed by atoms with Crippen molar-refractivity contribution in [2.24, 2.45) is 4.99 Å². The molecule has 0 saturated carbocycles. The highest BCUT2D eigenvalue weighted by Gasteiger charge is 2.18. The summed E-state index contributed by atoms with van der Waals surface area (Å²) >= 11 is 3.60. The molecule has 0 aromatic carbocycles. The average molecular weight is 255 g/mol. The largest absolute Gasteiger partial charge is 0.356 e. The first-order valence-corrected chi connectivity index (χ1v) is 7.31. The maximum Gasteiger partial charge on any atom is 0.157 e. The molecule has 2 heterocycles. The van der Waals surface area contributed by atoms with E-state index in [-0.39, 0.29) is 6.04 Å². The highest BCUT2D eigenvalue weighted by molar-refractivity contribution is 8.14. The smallest absolute Gasteiger partial charge is 0.157 e. The molecule has 2 rings (SSSR count). The molecular weight excluding hydrogens is 238 g/mol. The summed E-state index contributed by atoms with van der Waals surface area (Å²) in [6.45, 7) is 7.43. The van der Waals surface area contributed by atoms with Crippen LogP contribution in [0.15, 0.2) is 11.2 Å². The lowest BCUT2D eigenvalue weighted by Gasteiger charge is -2.11. The number of hydrogen-bond donors (Lipinski definition) is 1. The van der Waals surface area contributed by atoms with E-state index in [9.17, 15) is 0 Å². The fourth-order valence-electron chi connectivity index (χ4n) is 1.49. The maximum atomic E-state index is 4.45. The van der Waals surface area contributed by atoms with Crippen LogP contribution >= 0.6 is 23.1 Å². The molecule has 0 spiro atoms. The summed E-state index contributed by atoms with van der Waals surface area (Å²) in [4.78, 5) is 10.2. The molecule has 16 heavy (non-hydrogen) atoms. The van der Waals surface area contributed by atoms with Crippen molar-refractivity contribution in [3.05, 3.63) is 16.1 Å². The van der Waals surface area contributed by atoms with Gasteiger partial charge in [-0.15, -0.1) is 11.3 Å². The molecule has 0 fully saturated rings. The van der Waals surface area contributed by atoms with Crippen LogP contribution in [0, 0.1) is 0 Å². The van der Waals surface area contributed by atoms with Crippen LogP contribution < -0.4 is 5.32 Å². The molecule has 3 nitrogen and oxygen atoms in total. The first-order chi connectivity index (χ1) is 7.69. The van der Waals surface area contributed by atoms with Gasteiger partial charge in [-0.2, -0.15) is 0 Å². The normalized spacial score (nSPS) is 21.9. The highest BCUT2D eigenvalue weighted by atomic mass is 32.2. The van der Waals surface area contributed by atoms with Crippen molar-refractivity contribution in [2.75, 3.05) is 6.54 Å². The first-order valence-electron chi connectivity index (χ1n) is 5.61. The third kappa shape index (κ3) is 2.77. The summed E-state index contributed by atoms with van der Waals surface area (Å²) in [5.41, 5.74) is 0. The number of hydrogen-bond acceptors (Lipinski definition) is 5. The topological polar surface area (TPSA) is 37.3 Å². The zero-order chi connectivity index (χ0) is 11.5. The Morgan fingerprint density at radius 2 is 2.44 bits per heavy atom. The van der Waals surface area contributed by atoms with Crippen molar-refractivity contribution in [1.82, 2.24) is 10.3 Å². The summed E-state index contributed by atoms with van der Waals surface area (Å²) in [6, 6.07) is 0.266. The lowest BCUT2D eigenvalue weighted by Crippen LogP contribution is -2.23. The van der Waals surface area contributed by atoms with E-state index in [0.717, 1.165) is 23.1 Å². The third-order valence-electron chi connectivity index (χ3n) is 2.44. The number of aromatic nitrogens is 1. The van der Waals surface area contributed by atoms with Gasteiger partial charge in [0.2, 0.25) is 0 Å². The zero-order valence-electron chi connectivity index (χ0n) is 9.86. The quantitative estimate of drug-likeness (QED) is 0.902. The van der Waals surface area contributed by atoms with Crippen molar-refractivity contribution in [3.8, 4) is 0 Å². The van der Waals surface area contributed by atoms with E-state index in [2.05, 4.69) is 36.1 Å². The van der Waals surface area contributed by atoms with Gasteiger partial charge < -0.3 is 5.32 Å². The van der Waals surface area contributed by atoms with Gasteiger partial charge in [-0.25, -0.2) is 4.98 Å². The minimum Gasteiger partial charge on any atom is -0.356 e. The van der Waals surface area contributed by atoms with Gasteiger partial charge >= 0.3 is 0 Å². The number of rotatable bonds is 3. The number of thioether (sulfide) groups is 1. The molecule has 0 bridgehead atoms. The number of thiazole rings is 1. The van der Waals surface area contributed by atoms with Gasteiger partial charge in [0.05, 0.1) is 12.6 Å². The number of nitrogens with zero attached hydrogens (tertiary/aromatic N) is 2. The number of nitrogens with one attached hydrogen (secondary N) is 1. The second kappa shape index (κ2) is 5.19. The van der Waals surface area contributed by atoms with Crippen molar-refractivity contribution >= 4 is 28.3 Å². The molecule has 0 saturated heterocycles. The Morgan fingerprint density at radius 1 is 1.62 bits per heavy atom. The van der Waals surface area contributed by atoms with Crippen LogP contribution in [0.3, 0.4) is 0 Å². The molecular formula is C11H17N3S2. The van der Waals surface area contributed by atoms with Crippen LogP contribution in [0.5, 0.6) is 0 Å². The van der Waals surface area contributed by atoms with Gasteiger partial charge in [-0.1, -0.05) is 25.6 Å². The van der Waals surface area contributed by atoms with Gasteiger partial charge in [0.25, 0.3) is 0 Å². The zero-order valence-corrected chi connectivity index (χ0v) is 11.5. The standard InChI is InChI=1S/C11H17N3S2/c1-4-9-6-12-10(16-9)8(3)14-11-13-5-7(2)15-11/h6-8H,4-5H2,1-3H3,(H,13,14). The lowest BCUT2D eigenvalue weighted by atomic mass is 10.4. The van der Waals surface area contributed by atoms with Crippen LogP contribution in [-0.4, -0.2) is 21.9 Å². The molecule has 1 aromatic rings. The molecule has 1 aliphatic rings. The third-order valence-corrected chi connectivity index (χ3v) is 4.78. The molecule has 1 aliphatic heterocycles. The first kappa shape index (κ1) is 11.9. The summed E-state index contributed by atoms with van der Waals surface area (Å²) in [5.74, 6) is 0. The summed E-state index contributed by atoms with van der Waals surface area (Å²) in [5, 5.41) is 6.25. The molecule has 5 heteroatoms. The monoisotopic (exact) mass is 255 g/mol. The fourth-order valence-corrected chi connectivity index (χ4v) is 3.27. The minimum absolute atomic E-state index is 0.266. The summed E-state index contributed by atoms with van der Waals surface area (Å²) in [6.07, 6.45) is 3.04. The van der Waals surface area contributed by atoms with Crippen LogP contribution in [0.1, 0.15) is 36.7 Å². The Bertz CT molecular complexity index is 386. The van der Waals surface area contributed by atoms with E-state index in [0.29, 0.717) is 5.25 Å². The number of aryl methyl sites for hydroxylation is 1. The molecule has 0 amide bonds. The Kier molecular flexibility index (Phi) is 3.86. The second-order valence-corrected chi connectivity index (χ2v) is 6.53. The van der Waals surface area contributed by atoms with E-state index < -0.39 is 0 Å². The Balaban J connectivity index is 1.95.